The minimum Gasteiger partial charge on any atom is -0.314 e. The number of aromatic nitrogens is 6. The Labute approximate surface area is 374 Å². The fraction of sp³-hybridized carbons (Fsp3) is 0. The van der Waals surface area contributed by atoms with Crippen molar-refractivity contribution in [3.8, 4) is 67.8 Å². The van der Waals surface area contributed by atoms with Gasteiger partial charge in [0.25, 0.3) is 0 Å². The maximum absolute atomic E-state index is 5.11. The quantitative estimate of drug-likeness (QED) is 0.161. The van der Waals surface area contributed by atoms with Crippen LogP contribution >= 0.6 is 0 Å². The Morgan fingerprint density at radius 3 is 1.45 bits per heavy atom. The zero-order valence-corrected chi connectivity index (χ0v) is 35.1. The summed E-state index contributed by atoms with van der Waals surface area (Å²) in [5.74, 6) is 1.88. The first kappa shape index (κ1) is 36.8. The summed E-state index contributed by atoms with van der Waals surface area (Å²) in [6.07, 6.45) is 2.20. The Hall–Kier alpha value is -8.87. The predicted octanol–water partition coefficient (Wildman–Crippen LogP) is 14.7. The van der Waals surface area contributed by atoms with Gasteiger partial charge in [-0.3, -0.25) is 0 Å². The molecule has 304 valence electrons. The molecule has 0 bridgehead atoms. The summed E-state index contributed by atoms with van der Waals surface area (Å²) in [6.45, 7) is 0. The SMILES string of the molecule is c1ccc(-c2nc(-c3ccccc3)nc(-c3cccc(-n4c5ccc(-c6ccc7c(c6)c6ccccc6n7-c6ccccc6)cc5c5c4c(-c4ccccc4)c4ccccn45)c3)n2)cc1. The molecule has 0 fully saturated rings. The van der Waals surface area contributed by atoms with Crippen LogP contribution in [0.25, 0.3) is 117 Å². The second-order valence-corrected chi connectivity index (χ2v) is 16.5. The standard InChI is InChI=1S/C59H38N6/c1-5-18-39(19-6-1)54-53-30-15-16-35-63(53)55-49-38-43(42-31-33-51-48(37-42)47-28-13-14-29-50(47)64(51)45-25-11-4-12-26-45)32-34-52(49)65(56(54)55)46-27-17-24-44(36-46)59-61-57(40-20-7-2-8-21-40)60-58(62-59)41-22-9-3-10-23-41/h1-38H. The molecule has 0 saturated carbocycles. The number of para-hydroxylation sites is 2. The molecule has 8 aromatic carbocycles. The molecule has 0 spiro atoms. The molecular formula is C59H38N6. The molecule has 0 atom stereocenters. The van der Waals surface area contributed by atoms with Crippen molar-refractivity contribution in [2.75, 3.05) is 0 Å². The highest BCUT2D eigenvalue weighted by Gasteiger charge is 2.24. The van der Waals surface area contributed by atoms with Crippen molar-refractivity contribution < 1.29 is 0 Å². The third kappa shape index (κ3) is 5.99. The molecular weight excluding hydrogens is 793 g/mol. The van der Waals surface area contributed by atoms with E-state index in [0.29, 0.717) is 17.5 Å². The van der Waals surface area contributed by atoms with Crippen LogP contribution in [0.4, 0.5) is 0 Å². The molecule has 5 aromatic heterocycles. The van der Waals surface area contributed by atoms with Gasteiger partial charge in [0.2, 0.25) is 0 Å². The van der Waals surface area contributed by atoms with Gasteiger partial charge in [0.15, 0.2) is 17.5 Å². The van der Waals surface area contributed by atoms with Crippen molar-refractivity contribution in [3.63, 3.8) is 0 Å². The lowest BCUT2D eigenvalue weighted by Crippen LogP contribution is -2.01. The molecule has 0 radical (unpaired) electrons. The fourth-order valence-corrected chi connectivity index (χ4v) is 9.78. The molecule has 13 rings (SSSR count). The number of hydrogen-bond donors (Lipinski definition) is 0. The Morgan fingerprint density at radius 2 is 0.769 bits per heavy atom. The maximum Gasteiger partial charge on any atom is 0.164 e. The summed E-state index contributed by atoms with van der Waals surface area (Å²) < 4.78 is 7.17. The summed E-state index contributed by atoms with van der Waals surface area (Å²) >= 11 is 0. The van der Waals surface area contributed by atoms with Crippen molar-refractivity contribution in [2.45, 2.75) is 0 Å². The zero-order valence-electron chi connectivity index (χ0n) is 35.1. The van der Waals surface area contributed by atoms with Gasteiger partial charge in [-0.1, -0.05) is 158 Å². The molecule has 0 aliphatic carbocycles. The highest BCUT2D eigenvalue weighted by Crippen LogP contribution is 2.44. The van der Waals surface area contributed by atoms with Crippen molar-refractivity contribution in [3.05, 3.63) is 231 Å². The second-order valence-electron chi connectivity index (χ2n) is 16.5. The maximum atomic E-state index is 5.11. The molecule has 6 nitrogen and oxygen atoms in total. The summed E-state index contributed by atoms with van der Waals surface area (Å²) in [4.78, 5) is 15.2. The van der Waals surface area contributed by atoms with Crippen LogP contribution in [0, 0.1) is 0 Å². The first-order valence-electron chi connectivity index (χ1n) is 21.9. The number of pyridine rings is 1. The van der Waals surface area contributed by atoms with E-state index in [-0.39, 0.29) is 0 Å². The van der Waals surface area contributed by atoms with Crippen molar-refractivity contribution in [2.24, 2.45) is 0 Å². The average Bonchev–Trinajstić information content (AvgIpc) is 4.02. The molecule has 5 heterocycles. The van der Waals surface area contributed by atoms with E-state index in [4.69, 9.17) is 15.0 Å². The van der Waals surface area contributed by atoms with E-state index in [1.54, 1.807) is 0 Å². The molecule has 13 aromatic rings. The van der Waals surface area contributed by atoms with Crippen LogP contribution < -0.4 is 0 Å². The summed E-state index contributed by atoms with van der Waals surface area (Å²) in [7, 11) is 0. The molecule has 0 amide bonds. The number of fused-ring (bicyclic) bond motifs is 8. The molecule has 0 aliphatic rings. The van der Waals surface area contributed by atoms with Crippen LogP contribution in [-0.2, 0) is 0 Å². The number of benzene rings is 8. The van der Waals surface area contributed by atoms with E-state index in [1.165, 1.54) is 32.9 Å². The minimum absolute atomic E-state index is 0.615. The van der Waals surface area contributed by atoms with E-state index in [1.807, 2.05) is 60.7 Å². The monoisotopic (exact) mass is 830 g/mol. The lowest BCUT2D eigenvalue weighted by Gasteiger charge is -2.13. The average molecular weight is 831 g/mol. The molecule has 0 saturated heterocycles. The highest BCUT2D eigenvalue weighted by molar-refractivity contribution is 6.18. The lowest BCUT2D eigenvalue weighted by atomic mass is 10.0. The van der Waals surface area contributed by atoms with Gasteiger partial charge in [0, 0.05) is 56.0 Å². The zero-order chi connectivity index (χ0) is 42.8. The highest BCUT2D eigenvalue weighted by atomic mass is 15.1. The van der Waals surface area contributed by atoms with Crippen molar-refractivity contribution in [1.82, 2.24) is 28.5 Å². The van der Waals surface area contributed by atoms with E-state index in [2.05, 4.69) is 184 Å². The van der Waals surface area contributed by atoms with Crippen molar-refractivity contribution in [1.29, 1.82) is 0 Å². The molecule has 0 unspecified atom stereocenters. The predicted molar refractivity (Wildman–Crippen MR) is 267 cm³/mol. The summed E-state index contributed by atoms with van der Waals surface area (Å²) in [5, 5.41) is 3.62. The topological polar surface area (TPSA) is 52.9 Å². The van der Waals surface area contributed by atoms with Gasteiger partial charge in [0.05, 0.1) is 33.1 Å². The third-order valence-electron chi connectivity index (χ3n) is 12.7. The Balaban J connectivity index is 1.05. The molecule has 65 heavy (non-hydrogen) atoms. The Kier molecular flexibility index (Phi) is 8.42. The Morgan fingerprint density at radius 1 is 0.277 bits per heavy atom. The smallest absolute Gasteiger partial charge is 0.164 e. The van der Waals surface area contributed by atoms with Crippen LogP contribution in [-0.4, -0.2) is 28.5 Å². The molecule has 0 N–H and O–H groups in total. The largest absolute Gasteiger partial charge is 0.314 e. The Bertz CT molecular complexity index is 3870. The first-order chi connectivity index (χ1) is 32.2. The van der Waals surface area contributed by atoms with Gasteiger partial charge in [0.1, 0.15) is 0 Å². The third-order valence-corrected chi connectivity index (χ3v) is 12.7. The molecule has 6 heteroatoms. The van der Waals surface area contributed by atoms with E-state index in [0.717, 1.165) is 66.6 Å². The summed E-state index contributed by atoms with van der Waals surface area (Å²) in [6, 6.07) is 79.4. The van der Waals surface area contributed by atoms with Crippen LogP contribution in [0.15, 0.2) is 231 Å². The van der Waals surface area contributed by atoms with Gasteiger partial charge in [-0.15, -0.1) is 0 Å². The minimum atomic E-state index is 0.615. The van der Waals surface area contributed by atoms with Gasteiger partial charge in [-0.2, -0.15) is 0 Å². The molecule has 0 aliphatic heterocycles. The van der Waals surface area contributed by atoms with Gasteiger partial charge in [-0.05, 0) is 83.4 Å². The van der Waals surface area contributed by atoms with Crippen molar-refractivity contribution >= 4 is 49.3 Å². The number of nitrogens with zero attached hydrogens (tertiary/aromatic N) is 6. The number of hydrogen-bond acceptors (Lipinski definition) is 3. The van der Waals surface area contributed by atoms with Gasteiger partial charge < -0.3 is 13.5 Å². The second kappa shape index (κ2) is 14.9. The van der Waals surface area contributed by atoms with Crippen LogP contribution in [0.2, 0.25) is 0 Å². The van der Waals surface area contributed by atoms with E-state index < -0.39 is 0 Å². The fourth-order valence-electron chi connectivity index (χ4n) is 9.78. The van der Waals surface area contributed by atoms with Gasteiger partial charge >= 0.3 is 0 Å². The summed E-state index contributed by atoms with van der Waals surface area (Å²) in [5.41, 5.74) is 16.5. The normalized spacial score (nSPS) is 11.7. The van der Waals surface area contributed by atoms with Crippen LogP contribution in [0.5, 0.6) is 0 Å². The first-order valence-corrected chi connectivity index (χ1v) is 21.9. The van der Waals surface area contributed by atoms with Gasteiger partial charge in [-0.25, -0.2) is 15.0 Å². The van der Waals surface area contributed by atoms with E-state index >= 15 is 0 Å². The lowest BCUT2D eigenvalue weighted by molar-refractivity contribution is 1.07. The van der Waals surface area contributed by atoms with E-state index in [9.17, 15) is 0 Å². The van der Waals surface area contributed by atoms with Crippen LogP contribution in [0.1, 0.15) is 0 Å². The van der Waals surface area contributed by atoms with Crippen LogP contribution in [0.3, 0.4) is 0 Å². The number of rotatable bonds is 7.